The highest BCUT2D eigenvalue weighted by molar-refractivity contribution is 5.47. The molecule has 3 nitrogen and oxygen atoms in total. The Morgan fingerprint density at radius 2 is 1.82 bits per heavy atom. The Bertz CT molecular complexity index is 339. The van der Waals surface area contributed by atoms with Crippen LogP contribution in [0.2, 0.25) is 0 Å². The summed E-state index contributed by atoms with van der Waals surface area (Å²) < 4.78 is 0. The van der Waals surface area contributed by atoms with Crippen LogP contribution < -0.4 is 10.6 Å². The highest BCUT2D eigenvalue weighted by atomic mass is 15.2. The van der Waals surface area contributed by atoms with E-state index in [1.54, 1.807) is 0 Å². The fourth-order valence-electron chi connectivity index (χ4n) is 2.46. The predicted molar refractivity (Wildman–Crippen MR) is 73.3 cm³/mol. The summed E-state index contributed by atoms with van der Waals surface area (Å²) in [5.41, 5.74) is 8.12. The lowest BCUT2D eigenvalue weighted by Crippen LogP contribution is -2.41. The van der Waals surface area contributed by atoms with Gasteiger partial charge < -0.3 is 15.5 Å². The number of likely N-dealkylation sites (tertiary alicyclic amines) is 1. The Morgan fingerprint density at radius 1 is 1.24 bits per heavy atom. The molecule has 1 aliphatic heterocycles. The molecule has 94 valence electrons. The Kier molecular flexibility index (Phi) is 4.02. The number of hydrogen-bond acceptors (Lipinski definition) is 3. The summed E-state index contributed by atoms with van der Waals surface area (Å²) in [7, 11) is 4.40. The molecule has 0 amide bonds. The maximum absolute atomic E-state index is 5.61. The van der Waals surface area contributed by atoms with Crippen LogP contribution >= 0.6 is 0 Å². The number of hydrogen-bond donors (Lipinski definition) is 1. The third-order valence-electron chi connectivity index (χ3n) is 3.82. The number of nitrogens with zero attached hydrogens (tertiary/aromatic N) is 2. The SMILES string of the molecule is CN1CCC(N(C)c2ccc(CN)cc2)CC1. The number of rotatable bonds is 3. The van der Waals surface area contributed by atoms with Crippen LogP contribution in [0.15, 0.2) is 24.3 Å². The van der Waals surface area contributed by atoms with Crippen molar-refractivity contribution in [2.24, 2.45) is 5.73 Å². The van der Waals surface area contributed by atoms with Crippen LogP contribution in [0.25, 0.3) is 0 Å². The lowest BCUT2D eigenvalue weighted by atomic mass is 10.0. The van der Waals surface area contributed by atoms with Gasteiger partial charge in [0.1, 0.15) is 0 Å². The Hall–Kier alpha value is -1.06. The Morgan fingerprint density at radius 3 is 2.35 bits per heavy atom. The highest BCUT2D eigenvalue weighted by Gasteiger charge is 2.20. The predicted octanol–water partition coefficient (Wildman–Crippen LogP) is 1.68. The smallest absolute Gasteiger partial charge is 0.0366 e. The van der Waals surface area contributed by atoms with Crippen LogP contribution in [-0.4, -0.2) is 38.1 Å². The summed E-state index contributed by atoms with van der Waals surface area (Å²) >= 11 is 0. The monoisotopic (exact) mass is 233 g/mol. The van der Waals surface area contributed by atoms with E-state index in [2.05, 4.69) is 48.2 Å². The molecule has 17 heavy (non-hydrogen) atoms. The van der Waals surface area contributed by atoms with Crippen molar-refractivity contribution in [2.45, 2.75) is 25.4 Å². The van der Waals surface area contributed by atoms with E-state index >= 15 is 0 Å². The molecule has 1 saturated heterocycles. The molecule has 0 atom stereocenters. The molecule has 0 spiro atoms. The van der Waals surface area contributed by atoms with Gasteiger partial charge in [0.25, 0.3) is 0 Å². The first-order valence-electron chi connectivity index (χ1n) is 6.41. The molecule has 0 bridgehead atoms. The van der Waals surface area contributed by atoms with Gasteiger partial charge in [0.15, 0.2) is 0 Å². The van der Waals surface area contributed by atoms with Gasteiger partial charge in [-0.2, -0.15) is 0 Å². The van der Waals surface area contributed by atoms with Gasteiger partial charge in [-0.3, -0.25) is 0 Å². The maximum atomic E-state index is 5.61. The molecule has 1 fully saturated rings. The zero-order chi connectivity index (χ0) is 12.3. The van der Waals surface area contributed by atoms with E-state index in [-0.39, 0.29) is 0 Å². The minimum atomic E-state index is 0.623. The molecule has 0 aromatic heterocycles. The second-order valence-corrected chi connectivity index (χ2v) is 5.02. The first-order chi connectivity index (χ1) is 8.20. The molecule has 0 aliphatic carbocycles. The van der Waals surface area contributed by atoms with Crippen LogP contribution in [0.3, 0.4) is 0 Å². The van der Waals surface area contributed by atoms with E-state index in [1.165, 1.54) is 37.2 Å². The lowest BCUT2D eigenvalue weighted by molar-refractivity contribution is 0.253. The topological polar surface area (TPSA) is 32.5 Å². The number of anilines is 1. The summed E-state index contributed by atoms with van der Waals surface area (Å²) in [4.78, 5) is 4.81. The Balaban J connectivity index is 2.00. The van der Waals surface area contributed by atoms with Gasteiger partial charge in [0.05, 0.1) is 0 Å². The normalized spacial score (nSPS) is 18.3. The third kappa shape index (κ3) is 2.99. The summed E-state index contributed by atoms with van der Waals surface area (Å²) in [6.07, 6.45) is 2.51. The minimum absolute atomic E-state index is 0.623. The second-order valence-electron chi connectivity index (χ2n) is 5.02. The van der Waals surface area contributed by atoms with E-state index in [0.29, 0.717) is 12.6 Å². The summed E-state index contributed by atoms with van der Waals surface area (Å²) in [5.74, 6) is 0. The van der Waals surface area contributed by atoms with Crippen molar-refractivity contribution in [1.29, 1.82) is 0 Å². The van der Waals surface area contributed by atoms with Gasteiger partial charge in [-0.1, -0.05) is 12.1 Å². The zero-order valence-electron chi connectivity index (χ0n) is 10.9. The summed E-state index contributed by atoms with van der Waals surface area (Å²) in [6.45, 7) is 3.03. The zero-order valence-corrected chi connectivity index (χ0v) is 10.9. The molecule has 1 aromatic rings. The molecule has 2 rings (SSSR count). The molecule has 0 radical (unpaired) electrons. The van der Waals surface area contributed by atoms with E-state index in [4.69, 9.17) is 5.73 Å². The summed E-state index contributed by atoms with van der Waals surface area (Å²) in [5, 5.41) is 0. The molecule has 1 aliphatic rings. The van der Waals surface area contributed by atoms with Gasteiger partial charge in [0.2, 0.25) is 0 Å². The van der Waals surface area contributed by atoms with Crippen LogP contribution in [0.4, 0.5) is 5.69 Å². The first kappa shape index (κ1) is 12.4. The van der Waals surface area contributed by atoms with Gasteiger partial charge >= 0.3 is 0 Å². The first-order valence-corrected chi connectivity index (χ1v) is 6.41. The molecule has 3 heteroatoms. The molecular weight excluding hydrogens is 210 g/mol. The van der Waals surface area contributed by atoms with E-state index in [9.17, 15) is 0 Å². The maximum Gasteiger partial charge on any atom is 0.0366 e. The Labute approximate surface area is 104 Å². The van der Waals surface area contributed by atoms with Crippen molar-refractivity contribution in [3.8, 4) is 0 Å². The number of benzene rings is 1. The highest BCUT2D eigenvalue weighted by Crippen LogP contribution is 2.21. The molecule has 1 aromatic carbocycles. The number of nitrogens with two attached hydrogens (primary N) is 1. The van der Waals surface area contributed by atoms with Crippen LogP contribution in [0.1, 0.15) is 18.4 Å². The van der Waals surface area contributed by atoms with Gasteiger partial charge in [0, 0.05) is 25.3 Å². The molecule has 1 heterocycles. The lowest BCUT2D eigenvalue weighted by Gasteiger charge is -2.36. The van der Waals surface area contributed by atoms with E-state index < -0.39 is 0 Å². The van der Waals surface area contributed by atoms with Gasteiger partial charge in [-0.05, 0) is 50.7 Å². The average Bonchev–Trinajstić information content (AvgIpc) is 2.39. The fourth-order valence-corrected chi connectivity index (χ4v) is 2.46. The van der Waals surface area contributed by atoms with Crippen molar-refractivity contribution >= 4 is 5.69 Å². The second kappa shape index (κ2) is 5.52. The van der Waals surface area contributed by atoms with Crippen LogP contribution in [0.5, 0.6) is 0 Å². The van der Waals surface area contributed by atoms with Crippen molar-refractivity contribution < 1.29 is 0 Å². The van der Waals surface area contributed by atoms with Crippen molar-refractivity contribution in [1.82, 2.24) is 4.90 Å². The molecular formula is C14H23N3. The van der Waals surface area contributed by atoms with Crippen molar-refractivity contribution in [3.63, 3.8) is 0 Å². The van der Waals surface area contributed by atoms with E-state index in [0.717, 1.165) is 0 Å². The van der Waals surface area contributed by atoms with Gasteiger partial charge in [-0.25, -0.2) is 0 Å². The summed E-state index contributed by atoms with van der Waals surface area (Å²) in [6, 6.07) is 9.29. The van der Waals surface area contributed by atoms with E-state index in [1.807, 2.05) is 0 Å². The van der Waals surface area contributed by atoms with Crippen LogP contribution in [0, 0.1) is 0 Å². The fraction of sp³-hybridized carbons (Fsp3) is 0.571. The van der Waals surface area contributed by atoms with Gasteiger partial charge in [-0.15, -0.1) is 0 Å². The standard InChI is InChI=1S/C14H23N3/c1-16-9-7-14(8-10-16)17(2)13-5-3-12(11-15)4-6-13/h3-6,14H,7-11,15H2,1-2H3. The largest absolute Gasteiger partial charge is 0.372 e. The molecule has 0 saturated carbocycles. The molecule has 0 unspecified atom stereocenters. The minimum Gasteiger partial charge on any atom is -0.372 e. The number of piperidine rings is 1. The van der Waals surface area contributed by atoms with Crippen molar-refractivity contribution in [3.05, 3.63) is 29.8 Å². The average molecular weight is 233 g/mol. The quantitative estimate of drug-likeness (QED) is 0.862. The van der Waals surface area contributed by atoms with Crippen LogP contribution in [-0.2, 0) is 6.54 Å². The third-order valence-corrected chi connectivity index (χ3v) is 3.82. The van der Waals surface area contributed by atoms with Crippen molar-refractivity contribution in [2.75, 3.05) is 32.1 Å². The molecule has 2 N–H and O–H groups in total.